The third kappa shape index (κ3) is 4.07. The number of rotatable bonds is 6. The van der Waals surface area contributed by atoms with Crippen molar-refractivity contribution in [2.45, 2.75) is 19.9 Å². The van der Waals surface area contributed by atoms with E-state index in [2.05, 4.69) is 32.6 Å². The monoisotopic (exact) mass is 366 g/mol. The number of halogens is 2. The number of hydrogen-bond acceptors (Lipinski definition) is 5. The molecule has 0 unspecified atom stereocenters. The van der Waals surface area contributed by atoms with Crippen molar-refractivity contribution < 1.29 is 0 Å². The molecular formula is C16H20Cl2N6. The van der Waals surface area contributed by atoms with Gasteiger partial charge in [-0.05, 0) is 24.1 Å². The molecule has 0 amide bonds. The molecule has 3 aromatic rings. The van der Waals surface area contributed by atoms with E-state index in [-0.39, 0.29) is 12.4 Å². The van der Waals surface area contributed by atoms with Gasteiger partial charge in [-0.2, -0.15) is 15.1 Å². The molecule has 8 heteroatoms. The fourth-order valence-electron chi connectivity index (χ4n) is 2.31. The Kier molecular flexibility index (Phi) is 6.23. The smallest absolute Gasteiger partial charge is 0.226 e. The van der Waals surface area contributed by atoms with Gasteiger partial charge < -0.3 is 10.6 Å². The van der Waals surface area contributed by atoms with Crippen LogP contribution in [0, 0.1) is 0 Å². The van der Waals surface area contributed by atoms with Crippen LogP contribution in [-0.4, -0.2) is 26.3 Å². The van der Waals surface area contributed by atoms with Crippen molar-refractivity contribution in [2.24, 2.45) is 7.05 Å². The zero-order chi connectivity index (χ0) is 16.2. The molecule has 3 rings (SSSR count). The summed E-state index contributed by atoms with van der Waals surface area (Å²) in [4.78, 5) is 9.09. The molecule has 6 nitrogen and oxygen atoms in total. The minimum atomic E-state index is 0. The van der Waals surface area contributed by atoms with Crippen LogP contribution in [0.4, 0.5) is 11.8 Å². The van der Waals surface area contributed by atoms with Crippen LogP contribution in [0.1, 0.15) is 18.9 Å². The lowest BCUT2D eigenvalue weighted by molar-refractivity contribution is 0.785. The predicted octanol–water partition coefficient (Wildman–Crippen LogP) is 3.87. The average molecular weight is 367 g/mol. The van der Waals surface area contributed by atoms with Crippen LogP contribution in [-0.2, 0) is 13.6 Å². The number of anilines is 2. The lowest BCUT2D eigenvalue weighted by atomic mass is 10.2. The van der Waals surface area contributed by atoms with E-state index < -0.39 is 0 Å². The molecule has 0 aliphatic heterocycles. The van der Waals surface area contributed by atoms with Crippen LogP contribution in [0.2, 0.25) is 5.02 Å². The highest BCUT2D eigenvalue weighted by Crippen LogP contribution is 2.22. The molecule has 0 saturated carbocycles. The number of aryl methyl sites for hydroxylation is 1. The van der Waals surface area contributed by atoms with E-state index in [0.29, 0.717) is 12.5 Å². The van der Waals surface area contributed by atoms with Gasteiger partial charge in [-0.3, -0.25) is 4.68 Å². The lowest BCUT2D eigenvalue weighted by Gasteiger charge is -2.10. The molecule has 128 valence electrons. The Morgan fingerprint density at radius 1 is 1.21 bits per heavy atom. The van der Waals surface area contributed by atoms with Crippen molar-refractivity contribution in [3.8, 4) is 0 Å². The summed E-state index contributed by atoms with van der Waals surface area (Å²) in [6.45, 7) is 3.57. The van der Waals surface area contributed by atoms with E-state index in [1.807, 2.05) is 31.3 Å². The van der Waals surface area contributed by atoms with Crippen molar-refractivity contribution in [1.82, 2.24) is 19.7 Å². The first-order valence-electron chi connectivity index (χ1n) is 7.59. The molecule has 24 heavy (non-hydrogen) atoms. The standard InChI is InChI=1S/C16H19ClN6.ClH/c1-3-7-18-16-21-14(13-10-20-23(2)15(13)22-16)19-9-11-5-4-6-12(17)8-11;/h4-6,8,10H,3,7,9H2,1-2H3,(H2,18,19,21,22);1H. The molecule has 1 aromatic carbocycles. The van der Waals surface area contributed by atoms with Gasteiger partial charge in [-0.1, -0.05) is 30.7 Å². The van der Waals surface area contributed by atoms with E-state index in [4.69, 9.17) is 11.6 Å². The first-order valence-corrected chi connectivity index (χ1v) is 7.97. The Bertz CT molecular complexity index is 817. The molecule has 0 fully saturated rings. The highest BCUT2D eigenvalue weighted by Gasteiger charge is 2.11. The van der Waals surface area contributed by atoms with Gasteiger partial charge in [0.2, 0.25) is 5.95 Å². The Morgan fingerprint density at radius 3 is 2.79 bits per heavy atom. The van der Waals surface area contributed by atoms with Gasteiger partial charge >= 0.3 is 0 Å². The Hall–Kier alpha value is -2.05. The number of nitrogens with one attached hydrogen (secondary N) is 2. The Morgan fingerprint density at radius 2 is 2.04 bits per heavy atom. The normalized spacial score (nSPS) is 10.5. The summed E-state index contributed by atoms with van der Waals surface area (Å²) in [6, 6.07) is 7.76. The molecule has 0 aliphatic rings. The zero-order valence-corrected chi connectivity index (χ0v) is 15.2. The van der Waals surface area contributed by atoms with Gasteiger partial charge in [0.1, 0.15) is 5.82 Å². The lowest BCUT2D eigenvalue weighted by Crippen LogP contribution is -2.09. The van der Waals surface area contributed by atoms with Gasteiger partial charge in [-0.15, -0.1) is 12.4 Å². The topological polar surface area (TPSA) is 67.7 Å². The largest absolute Gasteiger partial charge is 0.365 e. The van der Waals surface area contributed by atoms with Crippen LogP contribution < -0.4 is 10.6 Å². The second kappa shape index (κ2) is 8.17. The Labute approximate surface area is 152 Å². The molecule has 0 saturated heterocycles. The molecule has 2 aromatic heterocycles. The summed E-state index contributed by atoms with van der Waals surface area (Å²) < 4.78 is 1.75. The van der Waals surface area contributed by atoms with Crippen LogP contribution >= 0.6 is 24.0 Å². The second-order valence-corrected chi connectivity index (χ2v) is 5.75. The predicted molar refractivity (Wildman–Crippen MR) is 101 cm³/mol. The second-order valence-electron chi connectivity index (χ2n) is 5.31. The highest BCUT2D eigenvalue weighted by molar-refractivity contribution is 6.30. The maximum Gasteiger partial charge on any atom is 0.226 e. The van der Waals surface area contributed by atoms with Gasteiger partial charge in [0.05, 0.1) is 11.6 Å². The minimum Gasteiger partial charge on any atom is -0.365 e. The minimum absolute atomic E-state index is 0. The summed E-state index contributed by atoms with van der Waals surface area (Å²) in [7, 11) is 1.87. The van der Waals surface area contributed by atoms with Crippen molar-refractivity contribution in [1.29, 1.82) is 0 Å². The summed E-state index contributed by atoms with van der Waals surface area (Å²) >= 11 is 6.03. The van der Waals surface area contributed by atoms with Crippen LogP contribution in [0.25, 0.3) is 11.0 Å². The van der Waals surface area contributed by atoms with E-state index in [1.54, 1.807) is 10.9 Å². The number of aromatic nitrogens is 4. The molecule has 0 radical (unpaired) electrons. The molecule has 2 heterocycles. The molecule has 0 spiro atoms. The van der Waals surface area contributed by atoms with E-state index >= 15 is 0 Å². The zero-order valence-electron chi connectivity index (χ0n) is 13.6. The maximum absolute atomic E-state index is 6.03. The fourth-order valence-corrected chi connectivity index (χ4v) is 2.52. The number of benzene rings is 1. The first-order chi connectivity index (χ1) is 11.2. The van der Waals surface area contributed by atoms with E-state index in [0.717, 1.165) is 40.4 Å². The van der Waals surface area contributed by atoms with E-state index in [9.17, 15) is 0 Å². The van der Waals surface area contributed by atoms with Crippen LogP contribution in [0.3, 0.4) is 0 Å². The fraction of sp³-hybridized carbons (Fsp3) is 0.312. The van der Waals surface area contributed by atoms with E-state index in [1.165, 1.54) is 0 Å². The number of fused-ring (bicyclic) bond motifs is 1. The number of nitrogens with zero attached hydrogens (tertiary/aromatic N) is 4. The summed E-state index contributed by atoms with van der Waals surface area (Å²) in [5.74, 6) is 1.37. The van der Waals surface area contributed by atoms with Crippen LogP contribution in [0.15, 0.2) is 30.5 Å². The van der Waals surface area contributed by atoms with Crippen molar-refractivity contribution in [2.75, 3.05) is 17.2 Å². The molecular weight excluding hydrogens is 347 g/mol. The molecule has 0 atom stereocenters. The molecule has 0 aliphatic carbocycles. The SMILES string of the molecule is CCCNc1nc(NCc2cccc(Cl)c2)c2cnn(C)c2n1.Cl. The number of hydrogen-bond donors (Lipinski definition) is 2. The third-order valence-corrected chi connectivity index (χ3v) is 3.71. The van der Waals surface area contributed by atoms with Gasteiger partial charge in [-0.25, -0.2) is 0 Å². The maximum atomic E-state index is 6.03. The van der Waals surface area contributed by atoms with Crippen LogP contribution in [0.5, 0.6) is 0 Å². The van der Waals surface area contributed by atoms with Gasteiger partial charge in [0.25, 0.3) is 0 Å². The quantitative estimate of drug-likeness (QED) is 0.692. The highest BCUT2D eigenvalue weighted by atomic mass is 35.5. The third-order valence-electron chi connectivity index (χ3n) is 3.47. The van der Waals surface area contributed by atoms with Crippen molar-refractivity contribution >= 4 is 46.8 Å². The summed E-state index contributed by atoms with van der Waals surface area (Å²) in [5.41, 5.74) is 1.89. The van der Waals surface area contributed by atoms with Crippen molar-refractivity contribution in [3.63, 3.8) is 0 Å². The summed E-state index contributed by atoms with van der Waals surface area (Å²) in [5, 5.41) is 12.5. The molecule has 0 bridgehead atoms. The Balaban J connectivity index is 0.00000208. The first kappa shape index (κ1) is 18.3. The van der Waals surface area contributed by atoms with Gasteiger partial charge in [0.15, 0.2) is 5.65 Å². The summed E-state index contributed by atoms with van der Waals surface area (Å²) in [6.07, 6.45) is 2.79. The molecule has 2 N–H and O–H groups in total. The average Bonchev–Trinajstić information content (AvgIpc) is 2.92. The van der Waals surface area contributed by atoms with Gasteiger partial charge in [0, 0.05) is 25.2 Å². The van der Waals surface area contributed by atoms with Crippen molar-refractivity contribution in [3.05, 3.63) is 41.0 Å².